The van der Waals surface area contributed by atoms with Gasteiger partial charge in [0.2, 0.25) is 0 Å². The van der Waals surface area contributed by atoms with Gasteiger partial charge in [-0.3, -0.25) is 4.79 Å². The summed E-state index contributed by atoms with van der Waals surface area (Å²) in [5.41, 5.74) is 1.78. The second-order valence-corrected chi connectivity index (χ2v) is 5.95. The Labute approximate surface area is 135 Å². The molecule has 4 heteroatoms. The van der Waals surface area contributed by atoms with Crippen molar-refractivity contribution in [3.63, 3.8) is 0 Å². The van der Waals surface area contributed by atoms with Crippen molar-refractivity contribution >= 4 is 29.1 Å². The number of hydrogen-bond donors (Lipinski definition) is 1. The molecule has 2 rings (SSSR count). The van der Waals surface area contributed by atoms with Crippen LogP contribution in [0.5, 0.6) is 0 Å². The molecule has 0 aliphatic rings. The number of nitrogens with one attached hydrogen (secondary N) is 1. The van der Waals surface area contributed by atoms with Crippen molar-refractivity contribution in [1.29, 1.82) is 0 Å². The molecule has 0 aromatic heterocycles. The molecule has 2 nitrogen and oxygen atoms in total. The number of aryl methyl sites for hydroxylation is 1. The Morgan fingerprint density at radius 2 is 1.86 bits per heavy atom. The van der Waals surface area contributed by atoms with Crippen molar-refractivity contribution in [2.75, 3.05) is 5.88 Å². The highest BCUT2D eigenvalue weighted by Gasteiger charge is 2.28. The summed E-state index contributed by atoms with van der Waals surface area (Å²) in [5.74, 6) is 0.101. The van der Waals surface area contributed by atoms with Crippen LogP contribution in [0.2, 0.25) is 5.02 Å². The van der Waals surface area contributed by atoms with Crippen LogP contribution in [0.15, 0.2) is 48.5 Å². The number of carbonyl (C=O) groups excluding carboxylic acids is 1. The lowest BCUT2D eigenvalue weighted by atomic mass is 9.93. The molecule has 0 aliphatic heterocycles. The van der Waals surface area contributed by atoms with Crippen LogP contribution < -0.4 is 5.32 Å². The third kappa shape index (κ3) is 3.58. The summed E-state index contributed by atoms with van der Waals surface area (Å²) in [6.07, 6.45) is 0. The number of hydrogen-bond acceptors (Lipinski definition) is 1. The fraction of sp³-hybridized carbons (Fsp3) is 0.235. The summed E-state index contributed by atoms with van der Waals surface area (Å²) in [6.45, 7) is 3.79. The van der Waals surface area contributed by atoms with E-state index in [-0.39, 0.29) is 11.8 Å². The number of halogens is 2. The number of rotatable bonds is 4. The Morgan fingerprint density at radius 1 is 1.19 bits per heavy atom. The lowest BCUT2D eigenvalue weighted by Gasteiger charge is -2.29. The first kappa shape index (κ1) is 15.9. The predicted molar refractivity (Wildman–Crippen MR) is 88.2 cm³/mol. The van der Waals surface area contributed by atoms with Crippen LogP contribution >= 0.6 is 23.2 Å². The molecule has 1 unspecified atom stereocenters. The molecular weight excluding hydrogens is 305 g/mol. The van der Waals surface area contributed by atoms with Crippen LogP contribution in [-0.4, -0.2) is 11.8 Å². The highest BCUT2D eigenvalue weighted by molar-refractivity contribution is 6.31. The largest absolute Gasteiger partial charge is 0.342 e. The second kappa shape index (κ2) is 6.50. The molecule has 21 heavy (non-hydrogen) atoms. The highest BCUT2D eigenvalue weighted by Crippen LogP contribution is 2.24. The minimum atomic E-state index is -0.630. The van der Waals surface area contributed by atoms with Crippen molar-refractivity contribution in [2.24, 2.45) is 0 Å². The fourth-order valence-electron chi connectivity index (χ4n) is 2.15. The van der Waals surface area contributed by atoms with E-state index < -0.39 is 5.54 Å². The first-order chi connectivity index (χ1) is 9.96. The monoisotopic (exact) mass is 321 g/mol. The van der Waals surface area contributed by atoms with E-state index in [1.54, 1.807) is 12.1 Å². The lowest BCUT2D eigenvalue weighted by molar-refractivity contribution is 0.0912. The second-order valence-electron chi connectivity index (χ2n) is 5.25. The van der Waals surface area contributed by atoms with Gasteiger partial charge in [0.1, 0.15) is 0 Å². The normalized spacial score (nSPS) is 13.5. The number of benzene rings is 2. The molecule has 0 saturated heterocycles. The van der Waals surface area contributed by atoms with E-state index in [9.17, 15) is 4.79 Å². The van der Waals surface area contributed by atoms with E-state index >= 15 is 0 Å². The molecule has 0 saturated carbocycles. The van der Waals surface area contributed by atoms with E-state index in [0.29, 0.717) is 10.6 Å². The zero-order valence-electron chi connectivity index (χ0n) is 12.0. The smallest absolute Gasteiger partial charge is 0.252 e. The van der Waals surface area contributed by atoms with Crippen LogP contribution in [0.4, 0.5) is 0 Å². The molecule has 1 atom stereocenters. The molecule has 0 radical (unpaired) electrons. The Balaban J connectivity index is 2.30. The van der Waals surface area contributed by atoms with Crippen molar-refractivity contribution in [3.05, 3.63) is 70.2 Å². The highest BCUT2D eigenvalue weighted by atomic mass is 35.5. The van der Waals surface area contributed by atoms with E-state index in [1.165, 1.54) is 0 Å². The van der Waals surface area contributed by atoms with E-state index in [2.05, 4.69) is 5.32 Å². The minimum absolute atomic E-state index is 0.179. The summed E-state index contributed by atoms with van der Waals surface area (Å²) in [4.78, 5) is 12.5. The molecule has 0 aliphatic carbocycles. The first-order valence-corrected chi connectivity index (χ1v) is 7.58. The maximum Gasteiger partial charge on any atom is 0.252 e. The van der Waals surface area contributed by atoms with Gasteiger partial charge < -0.3 is 5.32 Å². The lowest BCUT2D eigenvalue weighted by Crippen LogP contribution is -2.45. The SMILES string of the molecule is Cc1ccc(Cl)cc1C(=O)NC(C)(CCl)c1ccccc1. The molecule has 0 bridgehead atoms. The van der Waals surface area contributed by atoms with Gasteiger partial charge in [0.15, 0.2) is 0 Å². The number of alkyl halides is 1. The number of amides is 1. The van der Waals surface area contributed by atoms with Crippen LogP contribution in [0, 0.1) is 6.92 Å². The van der Waals surface area contributed by atoms with Gasteiger partial charge in [0, 0.05) is 16.5 Å². The van der Waals surface area contributed by atoms with Gasteiger partial charge in [-0.25, -0.2) is 0 Å². The topological polar surface area (TPSA) is 29.1 Å². The first-order valence-electron chi connectivity index (χ1n) is 6.66. The van der Waals surface area contributed by atoms with Crippen LogP contribution in [0.3, 0.4) is 0 Å². The Bertz CT molecular complexity index is 642. The van der Waals surface area contributed by atoms with Gasteiger partial charge in [0.25, 0.3) is 5.91 Å². The zero-order chi connectivity index (χ0) is 15.5. The van der Waals surface area contributed by atoms with Gasteiger partial charge >= 0.3 is 0 Å². The standard InChI is InChI=1S/C17H17Cl2NO/c1-12-8-9-14(19)10-15(12)16(21)20-17(2,11-18)13-6-4-3-5-7-13/h3-10H,11H2,1-2H3,(H,20,21). The van der Waals surface area contributed by atoms with Crippen LogP contribution in [0.1, 0.15) is 28.4 Å². The Hall–Kier alpha value is -1.51. The van der Waals surface area contributed by atoms with E-state index in [0.717, 1.165) is 11.1 Å². The van der Waals surface area contributed by atoms with Crippen LogP contribution in [-0.2, 0) is 5.54 Å². The van der Waals surface area contributed by atoms with Crippen LogP contribution in [0.25, 0.3) is 0 Å². The summed E-state index contributed by atoms with van der Waals surface area (Å²) < 4.78 is 0. The van der Waals surface area contributed by atoms with Crippen molar-refractivity contribution in [3.8, 4) is 0 Å². The molecule has 110 valence electrons. The molecular formula is C17H17Cl2NO. The summed E-state index contributed by atoms with van der Waals surface area (Å²) in [7, 11) is 0. The van der Waals surface area contributed by atoms with Crippen molar-refractivity contribution < 1.29 is 4.79 Å². The van der Waals surface area contributed by atoms with E-state index in [1.807, 2.05) is 50.2 Å². The Kier molecular flexibility index (Phi) is 4.92. The Morgan fingerprint density at radius 3 is 2.48 bits per heavy atom. The minimum Gasteiger partial charge on any atom is -0.342 e. The van der Waals surface area contributed by atoms with Crippen molar-refractivity contribution in [1.82, 2.24) is 5.32 Å². The molecule has 0 spiro atoms. The van der Waals surface area contributed by atoms with Gasteiger partial charge in [0.05, 0.1) is 5.54 Å². The van der Waals surface area contributed by atoms with Gasteiger partial charge in [-0.1, -0.05) is 48.0 Å². The molecule has 1 amide bonds. The van der Waals surface area contributed by atoms with E-state index in [4.69, 9.17) is 23.2 Å². The predicted octanol–water partition coefficient (Wildman–Crippen LogP) is 4.53. The maximum atomic E-state index is 12.5. The molecule has 1 N–H and O–H groups in total. The quantitative estimate of drug-likeness (QED) is 0.823. The van der Waals surface area contributed by atoms with Gasteiger partial charge in [-0.15, -0.1) is 11.6 Å². The third-order valence-electron chi connectivity index (χ3n) is 3.51. The summed E-state index contributed by atoms with van der Waals surface area (Å²) in [5, 5.41) is 3.55. The maximum absolute atomic E-state index is 12.5. The third-order valence-corrected chi connectivity index (χ3v) is 4.28. The average molecular weight is 322 g/mol. The molecule has 0 heterocycles. The average Bonchev–Trinajstić information content (AvgIpc) is 2.50. The van der Waals surface area contributed by atoms with Crippen molar-refractivity contribution in [2.45, 2.75) is 19.4 Å². The number of carbonyl (C=O) groups is 1. The fourth-order valence-corrected chi connectivity index (χ4v) is 2.54. The summed E-state index contributed by atoms with van der Waals surface area (Å²) in [6, 6.07) is 15.0. The zero-order valence-corrected chi connectivity index (χ0v) is 13.5. The summed E-state index contributed by atoms with van der Waals surface area (Å²) >= 11 is 12.1. The van der Waals surface area contributed by atoms with Gasteiger partial charge in [-0.2, -0.15) is 0 Å². The molecule has 0 fully saturated rings. The molecule has 2 aromatic carbocycles. The van der Waals surface area contributed by atoms with Gasteiger partial charge in [-0.05, 0) is 37.1 Å². The molecule has 2 aromatic rings.